The number of carbonyl (C=O) groups excluding carboxylic acids is 1. The van der Waals surface area contributed by atoms with Crippen molar-refractivity contribution in [3.8, 4) is 0 Å². The molecule has 1 amide bonds. The lowest BCUT2D eigenvalue weighted by Gasteiger charge is -2.35. The minimum Gasteiger partial charge on any atom is -0.450 e. The number of piperidine rings is 1. The van der Waals surface area contributed by atoms with Crippen molar-refractivity contribution in [1.29, 1.82) is 0 Å². The number of carbonyl (C=O) groups is 1. The molecule has 8 nitrogen and oxygen atoms in total. The number of anilines is 1. The molecule has 2 saturated heterocycles. The van der Waals surface area contributed by atoms with Gasteiger partial charge in [-0.1, -0.05) is 13.0 Å². The maximum Gasteiger partial charge on any atom is 0.409 e. The van der Waals surface area contributed by atoms with E-state index in [2.05, 4.69) is 32.3 Å². The summed E-state index contributed by atoms with van der Waals surface area (Å²) in [6.07, 6.45) is 1.41. The second-order valence-electron chi connectivity index (χ2n) is 8.24. The van der Waals surface area contributed by atoms with Gasteiger partial charge in [-0.3, -0.25) is 4.99 Å². The molecule has 32 heavy (non-hydrogen) atoms. The van der Waals surface area contributed by atoms with E-state index in [-0.39, 0.29) is 18.0 Å². The van der Waals surface area contributed by atoms with E-state index in [0.717, 1.165) is 51.1 Å². The largest absolute Gasteiger partial charge is 0.450 e. The molecular formula is C23H37FN6O2. The first-order valence-corrected chi connectivity index (χ1v) is 11.7. The molecule has 0 aliphatic carbocycles. The van der Waals surface area contributed by atoms with Gasteiger partial charge in [0.1, 0.15) is 5.82 Å². The summed E-state index contributed by atoms with van der Waals surface area (Å²) >= 11 is 0. The number of halogens is 1. The van der Waals surface area contributed by atoms with Crippen LogP contribution in [0, 0.1) is 5.82 Å². The summed E-state index contributed by atoms with van der Waals surface area (Å²) < 4.78 is 19.8. The normalized spacial score (nSPS) is 18.6. The number of nitrogens with zero attached hydrogens (tertiary/aromatic N) is 4. The monoisotopic (exact) mass is 448 g/mol. The van der Waals surface area contributed by atoms with Crippen LogP contribution in [0.1, 0.15) is 32.3 Å². The van der Waals surface area contributed by atoms with E-state index in [1.165, 1.54) is 0 Å². The van der Waals surface area contributed by atoms with Crippen molar-refractivity contribution in [2.45, 2.75) is 39.3 Å². The summed E-state index contributed by atoms with van der Waals surface area (Å²) in [4.78, 5) is 22.4. The van der Waals surface area contributed by atoms with Crippen LogP contribution in [0.25, 0.3) is 0 Å². The smallest absolute Gasteiger partial charge is 0.409 e. The SMILES string of the molecule is CCOC(=O)N1CCC(NC(=NC)NCc2ccc(N3CCN(CC)CC3)c(F)c2)CC1. The highest BCUT2D eigenvalue weighted by atomic mass is 19.1. The molecule has 0 bridgehead atoms. The van der Waals surface area contributed by atoms with Crippen molar-refractivity contribution in [1.82, 2.24) is 20.4 Å². The van der Waals surface area contributed by atoms with E-state index in [1.807, 2.05) is 19.1 Å². The highest BCUT2D eigenvalue weighted by Gasteiger charge is 2.24. The summed E-state index contributed by atoms with van der Waals surface area (Å²) in [6, 6.07) is 5.70. The number of rotatable bonds is 6. The van der Waals surface area contributed by atoms with Gasteiger partial charge in [0.05, 0.1) is 12.3 Å². The first-order chi connectivity index (χ1) is 15.5. The van der Waals surface area contributed by atoms with Crippen molar-refractivity contribution in [3.63, 3.8) is 0 Å². The van der Waals surface area contributed by atoms with Crippen molar-refractivity contribution in [3.05, 3.63) is 29.6 Å². The minimum atomic E-state index is -0.244. The van der Waals surface area contributed by atoms with E-state index in [1.54, 1.807) is 18.0 Å². The Bertz CT molecular complexity index is 774. The third kappa shape index (κ3) is 6.48. The number of piperazine rings is 1. The molecule has 9 heteroatoms. The molecule has 2 aliphatic heterocycles. The number of amides is 1. The first kappa shape index (κ1) is 24.1. The fourth-order valence-electron chi connectivity index (χ4n) is 4.22. The maximum atomic E-state index is 14.8. The average Bonchev–Trinajstić information content (AvgIpc) is 2.82. The van der Waals surface area contributed by atoms with Crippen LogP contribution in [0.5, 0.6) is 0 Å². The summed E-state index contributed by atoms with van der Waals surface area (Å²) in [7, 11) is 1.72. The predicted molar refractivity (Wildman–Crippen MR) is 126 cm³/mol. The van der Waals surface area contributed by atoms with Gasteiger partial charge in [-0.2, -0.15) is 0 Å². The van der Waals surface area contributed by atoms with Gasteiger partial charge in [0, 0.05) is 58.9 Å². The van der Waals surface area contributed by atoms with Crippen LogP contribution in [0.3, 0.4) is 0 Å². The summed E-state index contributed by atoms with van der Waals surface area (Å²) in [6.45, 7) is 10.9. The van der Waals surface area contributed by atoms with Gasteiger partial charge in [0.25, 0.3) is 0 Å². The van der Waals surface area contributed by atoms with E-state index < -0.39 is 0 Å². The molecular weight excluding hydrogens is 411 g/mol. The second-order valence-corrected chi connectivity index (χ2v) is 8.24. The standard InChI is InChI=1S/C23H37FN6O2/c1-4-28-12-14-29(15-13-28)21-7-6-18(16-20(21)24)17-26-22(25-3)27-19-8-10-30(11-9-19)23(31)32-5-2/h6-7,16,19H,4-5,8-15,17H2,1-3H3,(H2,25,26,27). The van der Waals surface area contributed by atoms with E-state index in [0.29, 0.717) is 37.9 Å². The molecule has 0 atom stereocenters. The van der Waals surface area contributed by atoms with Crippen molar-refractivity contribution in [2.75, 3.05) is 64.4 Å². The highest BCUT2D eigenvalue weighted by Crippen LogP contribution is 2.22. The van der Waals surface area contributed by atoms with Crippen LogP contribution in [-0.2, 0) is 11.3 Å². The summed E-state index contributed by atoms with van der Waals surface area (Å²) in [5.74, 6) is 0.503. The molecule has 0 aromatic heterocycles. The van der Waals surface area contributed by atoms with Gasteiger partial charge in [-0.05, 0) is 44.0 Å². The fourth-order valence-corrected chi connectivity index (χ4v) is 4.22. The number of guanidine groups is 1. The lowest BCUT2D eigenvalue weighted by Crippen LogP contribution is -2.49. The number of nitrogens with one attached hydrogen (secondary N) is 2. The van der Waals surface area contributed by atoms with Crippen molar-refractivity contribution in [2.24, 2.45) is 4.99 Å². The molecule has 0 spiro atoms. The molecule has 2 heterocycles. The van der Waals surface area contributed by atoms with Gasteiger partial charge in [0.2, 0.25) is 0 Å². The van der Waals surface area contributed by atoms with Crippen LogP contribution < -0.4 is 15.5 Å². The van der Waals surface area contributed by atoms with Crippen LogP contribution >= 0.6 is 0 Å². The Labute approximate surface area is 190 Å². The number of aliphatic imine (C=N–C) groups is 1. The van der Waals surface area contributed by atoms with Crippen molar-refractivity contribution < 1.29 is 13.9 Å². The Morgan fingerprint density at radius 2 is 1.88 bits per heavy atom. The minimum absolute atomic E-state index is 0.177. The number of hydrogen-bond donors (Lipinski definition) is 2. The Balaban J connectivity index is 1.46. The van der Waals surface area contributed by atoms with Crippen LogP contribution in [-0.4, -0.2) is 87.4 Å². The van der Waals surface area contributed by atoms with Crippen LogP contribution in [0.2, 0.25) is 0 Å². The topological polar surface area (TPSA) is 72.4 Å². The second kappa shape index (κ2) is 11.9. The summed E-state index contributed by atoms with van der Waals surface area (Å²) in [5.41, 5.74) is 1.55. The third-order valence-electron chi connectivity index (χ3n) is 6.22. The summed E-state index contributed by atoms with van der Waals surface area (Å²) in [5, 5.41) is 6.68. The zero-order valence-electron chi connectivity index (χ0n) is 19.6. The van der Waals surface area contributed by atoms with E-state index in [9.17, 15) is 9.18 Å². The quantitative estimate of drug-likeness (QED) is 0.514. The van der Waals surface area contributed by atoms with Gasteiger partial charge < -0.3 is 30.1 Å². The number of hydrogen-bond acceptors (Lipinski definition) is 5. The number of benzene rings is 1. The zero-order chi connectivity index (χ0) is 22.9. The third-order valence-corrected chi connectivity index (χ3v) is 6.22. The van der Waals surface area contributed by atoms with Crippen LogP contribution in [0.4, 0.5) is 14.9 Å². The molecule has 0 unspecified atom stereocenters. The maximum absolute atomic E-state index is 14.8. The lowest BCUT2D eigenvalue weighted by atomic mass is 10.1. The molecule has 0 radical (unpaired) electrons. The lowest BCUT2D eigenvalue weighted by molar-refractivity contribution is 0.0963. The molecule has 3 rings (SSSR count). The van der Waals surface area contributed by atoms with Crippen molar-refractivity contribution >= 4 is 17.7 Å². The van der Waals surface area contributed by atoms with Gasteiger partial charge in [-0.15, -0.1) is 0 Å². The van der Waals surface area contributed by atoms with E-state index >= 15 is 0 Å². The molecule has 2 aliphatic rings. The Morgan fingerprint density at radius 3 is 2.47 bits per heavy atom. The Hall–Kier alpha value is -2.55. The molecule has 178 valence electrons. The number of ether oxygens (including phenoxy) is 1. The van der Waals surface area contributed by atoms with Gasteiger partial charge in [-0.25, -0.2) is 9.18 Å². The highest BCUT2D eigenvalue weighted by molar-refractivity contribution is 5.80. The first-order valence-electron chi connectivity index (χ1n) is 11.7. The molecule has 0 saturated carbocycles. The van der Waals surface area contributed by atoms with Gasteiger partial charge >= 0.3 is 6.09 Å². The zero-order valence-corrected chi connectivity index (χ0v) is 19.6. The molecule has 1 aromatic carbocycles. The number of likely N-dealkylation sites (tertiary alicyclic amines) is 1. The van der Waals surface area contributed by atoms with E-state index in [4.69, 9.17) is 4.74 Å². The average molecular weight is 449 g/mol. The number of likely N-dealkylation sites (N-methyl/N-ethyl adjacent to an activating group) is 1. The molecule has 2 fully saturated rings. The van der Waals surface area contributed by atoms with Crippen LogP contribution in [0.15, 0.2) is 23.2 Å². The predicted octanol–water partition coefficient (Wildman–Crippen LogP) is 2.25. The molecule has 2 N–H and O–H groups in total. The van der Waals surface area contributed by atoms with Gasteiger partial charge in [0.15, 0.2) is 5.96 Å². The fraction of sp³-hybridized carbons (Fsp3) is 0.652. The molecule has 1 aromatic rings. The Morgan fingerprint density at radius 1 is 1.16 bits per heavy atom. The Kier molecular flexibility index (Phi) is 8.96.